The zero-order valence-corrected chi connectivity index (χ0v) is 19.7. The molecule has 30 heavy (non-hydrogen) atoms. The highest BCUT2D eigenvalue weighted by Gasteiger charge is 2.34. The molecule has 0 fully saturated rings. The minimum absolute atomic E-state index is 0.176. The predicted octanol–water partition coefficient (Wildman–Crippen LogP) is 6.98. The molecule has 2 aromatic carbocycles. The number of unbranched alkanes of at least 4 members (excludes halogenated alkanes) is 2. The maximum absolute atomic E-state index is 12.2. The van der Waals surface area contributed by atoms with Crippen molar-refractivity contribution >= 4 is 64.1 Å². The zero-order chi connectivity index (χ0) is 22.0. The normalized spacial score (nSPS) is 11.2. The second kappa shape index (κ2) is 12.5. The van der Waals surface area contributed by atoms with Crippen LogP contribution in [0.1, 0.15) is 43.0 Å². The smallest absolute Gasteiger partial charge is 0.342 e. The zero-order valence-electron chi connectivity index (χ0n) is 16.6. The minimum Gasteiger partial charge on any atom is -0.464 e. The van der Waals surface area contributed by atoms with E-state index in [2.05, 4.69) is 5.32 Å². The lowest BCUT2D eigenvalue weighted by Crippen LogP contribution is -2.28. The van der Waals surface area contributed by atoms with Crippen molar-refractivity contribution in [1.82, 2.24) is 0 Å². The van der Waals surface area contributed by atoms with Crippen LogP contribution in [0.5, 0.6) is 0 Å². The Morgan fingerprint density at radius 2 is 1.67 bits per heavy atom. The molecule has 0 aromatic heterocycles. The Bertz CT molecular complexity index is 827. The maximum atomic E-state index is 12.2. The fourth-order valence-corrected chi connectivity index (χ4v) is 4.01. The highest BCUT2D eigenvalue weighted by atomic mass is 35.5. The second-order valence-electron chi connectivity index (χ2n) is 6.57. The molecule has 0 heterocycles. The lowest BCUT2D eigenvalue weighted by Gasteiger charge is -2.17. The van der Waals surface area contributed by atoms with E-state index in [1.54, 1.807) is 43.0 Å². The van der Waals surface area contributed by atoms with Gasteiger partial charge in [-0.15, -0.1) is 11.8 Å². The molecule has 0 radical (unpaired) electrons. The number of nitrogens with one attached hydrogen (secondary N) is 1. The van der Waals surface area contributed by atoms with Crippen LogP contribution in [0, 0.1) is 0 Å². The van der Waals surface area contributed by atoms with Crippen molar-refractivity contribution in [3.05, 3.63) is 59.1 Å². The van der Waals surface area contributed by atoms with Gasteiger partial charge in [0.25, 0.3) is 5.91 Å². The van der Waals surface area contributed by atoms with E-state index < -0.39 is 10.3 Å². The number of esters is 1. The summed E-state index contributed by atoms with van der Waals surface area (Å²) in [5, 5.41) is 3.46. The molecule has 4 nitrogen and oxygen atoms in total. The van der Waals surface area contributed by atoms with Gasteiger partial charge in [0, 0.05) is 21.2 Å². The molecule has 0 saturated carbocycles. The van der Waals surface area contributed by atoms with E-state index in [0.717, 1.165) is 35.6 Å². The summed E-state index contributed by atoms with van der Waals surface area (Å²) in [6.45, 7) is 1.99. The van der Waals surface area contributed by atoms with Crippen LogP contribution >= 0.6 is 46.6 Å². The Hall–Kier alpha value is -1.40. The predicted molar refractivity (Wildman–Crippen MR) is 126 cm³/mol. The number of hydrogen-bond donors (Lipinski definition) is 1. The van der Waals surface area contributed by atoms with Crippen LogP contribution in [0.4, 0.5) is 5.69 Å². The highest BCUT2D eigenvalue weighted by molar-refractivity contribution is 7.99. The van der Waals surface area contributed by atoms with Gasteiger partial charge in [-0.1, -0.05) is 41.2 Å². The van der Waals surface area contributed by atoms with Crippen LogP contribution in [0.3, 0.4) is 0 Å². The number of amides is 1. The molecule has 0 saturated heterocycles. The first kappa shape index (κ1) is 24.9. The van der Waals surface area contributed by atoms with Crippen LogP contribution < -0.4 is 5.32 Å². The first-order valence-corrected chi connectivity index (χ1v) is 11.8. The fraction of sp³-hybridized carbons (Fsp3) is 0.364. The monoisotopic (exact) mass is 487 g/mol. The summed E-state index contributed by atoms with van der Waals surface area (Å²) in [7, 11) is 0. The molecule has 0 bridgehead atoms. The van der Waals surface area contributed by atoms with Crippen LogP contribution in [0.15, 0.2) is 53.4 Å². The molecule has 2 rings (SSSR count). The van der Waals surface area contributed by atoms with Crippen molar-refractivity contribution < 1.29 is 14.3 Å². The average Bonchev–Trinajstić information content (AvgIpc) is 2.72. The molecule has 0 aliphatic heterocycles. The van der Waals surface area contributed by atoms with E-state index in [9.17, 15) is 9.59 Å². The van der Waals surface area contributed by atoms with Gasteiger partial charge in [-0.05, 0) is 80.5 Å². The Balaban J connectivity index is 1.68. The minimum atomic E-state index is -1.46. The van der Waals surface area contributed by atoms with Crippen molar-refractivity contribution in [2.45, 2.75) is 41.8 Å². The van der Waals surface area contributed by atoms with Crippen molar-refractivity contribution in [3.8, 4) is 0 Å². The second-order valence-corrected chi connectivity index (χ2v) is 9.66. The molecule has 0 atom stereocenters. The average molecular weight is 489 g/mol. The van der Waals surface area contributed by atoms with Gasteiger partial charge in [0.15, 0.2) is 0 Å². The number of hydrogen-bond acceptors (Lipinski definition) is 4. The number of thioether (sulfide) groups is 1. The summed E-state index contributed by atoms with van der Waals surface area (Å²) in [5.41, 5.74) is 1.29. The van der Waals surface area contributed by atoms with Crippen molar-refractivity contribution in [1.29, 1.82) is 0 Å². The molecule has 1 N–H and O–H groups in total. The number of halogens is 3. The van der Waals surface area contributed by atoms with E-state index in [1.165, 1.54) is 0 Å². The molecule has 0 unspecified atom stereocenters. The van der Waals surface area contributed by atoms with E-state index in [-0.39, 0.29) is 12.5 Å². The summed E-state index contributed by atoms with van der Waals surface area (Å²) in [5.74, 6) is 0.184. The largest absolute Gasteiger partial charge is 0.464 e. The first-order valence-electron chi connectivity index (χ1n) is 9.66. The molecule has 0 spiro atoms. The van der Waals surface area contributed by atoms with Crippen LogP contribution in [-0.4, -0.2) is 28.6 Å². The van der Waals surface area contributed by atoms with E-state index in [1.807, 2.05) is 24.3 Å². The number of anilines is 1. The third-order valence-electron chi connectivity index (χ3n) is 4.20. The highest BCUT2D eigenvalue weighted by Crippen LogP contribution is 2.30. The SMILES string of the molecule is CCOC(=O)C(Cl)(Cl)CCCCCSc1ccc(NC(=O)c2ccc(Cl)cc2)cc1. The molecule has 0 aliphatic rings. The number of carbonyl (C=O) groups excluding carboxylic acids is 2. The van der Waals surface area contributed by atoms with Gasteiger partial charge in [-0.25, -0.2) is 4.79 Å². The first-order chi connectivity index (χ1) is 14.3. The van der Waals surface area contributed by atoms with Gasteiger partial charge in [0.2, 0.25) is 4.33 Å². The van der Waals surface area contributed by atoms with E-state index in [0.29, 0.717) is 17.0 Å². The number of rotatable bonds is 11. The molecule has 162 valence electrons. The Kier molecular flexibility index (Phi) is 10.3. The summed E-state index contributed by atoms with van der Waals surface area (Å²) in [6, 6.07) is 14.5. The third-order valence-corrected chi connectivity index (χ3v) is 6.23. The molecule has 2 aromatic rings. The number of ether oxygens (including phenoxy) is 1. The summed E-state index contributed by atoms with van der Waals surface area (Å²) in [6.07, 6.45) is 3.03. The Morgan fingerprint density at radius 1 is 1.00 bits per heavy atom. The van der Waals surface area contributed by atoms with Crippen molar-refractivity contribution in [3.63, 3.8) is 0 Å². The lowest BCUT2D eigenvalue weighted by molar-refractivity contribution is -0.144. The quantitative estimate of drug-likeness (QED) is 0.160. The van der Waals surface area contributed by atoms with Crippen molar-refractivity contribution in [2.75, 3.05) is 17.7 Å². The molecular formula is C22H24Cl3NO3S. The Morgan fingerprint density at radius 3 is 2.30 bits per heavy atom. The van der Waals surface area contributed by atoms with Crippen molar-refractivity contribution in [2.24, 2.45) is 0 Å². The van der Waals surface area contributed by atoms with Gasteiger partial charge in [-0.3, -0.25) is 4.79 Å². The van der Waals surface area contributed by atoms with E-state index in [4.69, 9.17) is 39.5 Å². The van der Waals surface area contributed by atoms with Gasteiger partial charge in [-0.2, -0.15) is 0 Å². The molecular weight excluding hydrogens is 465 g/mol. The van der Waals surface area contributed by atoms with Gasteiger partial charge in [0.1, 0.15) is 0 Å². The third kappa shape index (κ3) is 8.38. The summed E-state index contributed by atoms with van der Waals surface area (Å²) in [4.78, 5) is 25.0. The van der Waals surface area contributed by atoms with Gasteiger partial charge >= 0.3 is 5.97 Å². The maximum Gasteiger partial charge on any atom is 0.342 e. The Labute approximate surface area is 196 Å². The van der Waals surface area contributed by atoms with Crippen LogP contribution in [0.25, 0.3) is 0 Å². The fourth-order valence-electron chi connectivity index (χ4n) is 2.59. The number of benzene rings is 2. The van der Waals surface area contributed by atoms with Gasteiger partial charge in [0.05, 0.1) is 6.61 Å². The molecule has 1 amide bonds. The number of carbonyl (C=O) groups is 2. The molecule has 0 aliphatic carbocycles. The molecule has 8 heteroatoms. The van der Waals surface area contributed by atoms with Crippen LogP contribution in [-0.2, 0) is 9.53 Å². The van der Waals surface area contributed by atoms with E-state index >= 15 is 0 Å². The van der Waals surface area contributed by atoms with Gasteiger partial charge < -0.3 is 10.1 Å². The van der Waals surface area contributed by atoms with Crippen LogP contribution in [0.2, 0.25) is 5.02 Å². The topological polar surface area (TPSA) is 55.4 Å². The summed E-state index contributed by atoms with van der Waals surface area (Å²) >= 11 is 19.6. The number of alkyl halides is 2. The summed E-state index contributed by atoms with van der Waals surface area (Å²) < 4.78 is 3.40. The lowest BCUT2D eigenvalue weighted by atomic mass is 10.1. The standard InChI is InChI=1S/C22H24Cl3NO3S/c1-2-29-21(28)22(24,25)14-4-3-5-15-30-19-12-10-18(11-13-19)26-20(27)16-6-8-17(23)9-7-16/h6-13H,2-5,14-15H2,1H3,(H,26,27).